The summed E-state index contributed by atoms with van der Waals surface area (Å²) in [5, 5.41) is 6.97. The van der Waals surface area contributed by atoms with Crippen molar-refractivity contribution in [1.82, 2.24) is 25.5 Å². The molecule has 1 aliphatic carbocycles. The van der Waals surface area contributed by atoms with Crippen LogP contribution >= 0.6 is 0 Å². The fraction of sp³-hybridized carbons (Fsp3) is 0.556. The molecule has 46 heavy (non-hydrogen) atoms. The van der Waals surface area contributed by atoms with Gasteiger partial charge in [0.05, 0.1) is 29.0 Å². The van der Waals surface area contributed by atoms with Crippen LogP contribution in [0, 0.1) is 11.8 Å². The lowest BCUT2D eigenvalue weighted by molar-refractivity contribution is -0.0477. The highest BCUT2D eigenvalue weighted by atomic mass is 16.6. The molecule has 1 aromatic carbocycles. The van der Waals surface area contributed by atoms with E-state index in [0.29, 0.717) is 37.1 Å². The van der Waals surface area contributed by atoms with Gasteiger partial charge in [-0.25, -0.2) is 14.8 Å². The molecule has 2 N–H and O–H groups in total. The number of aromatic nitrogens is 2. The number of carbonyl (C=O) groups excluding carboxylic acids is 2. The molecule has 1 saturated carbocycles. The van der Waals surface area contributed by atoms with E-state index >= 15 is 0 Å². The summed E-state index contributed by atoms with van der Waals surface area (Å²) in [6, 6.07) is 13.8. The van der Waals surface area contributed by atoms with Crippen molar-refractivity contribution in [1.29, 1.82) is 0 Å². The number of anilines is 1. The van der Waals surface area contributed by atoms with Crippen LogP contribution in [0.5, 0.6) is 0 Å². The van der Waals surface area contributed by atoms with Crippen molar-refractivity contribution in [3.63, 3.8) is 0 Å². The van der Waals surface area contributed by atoms with Crippen molar-refractivity contribution in [2.24, 2.45) is 11.8 Å². The van der Waals surface area contributed by atoms with Crippen molar-refractivity contribution in [2.45, 2.75) is 65.1 Å². The summed E-state index contributed by atoms with van der Waals surface area (Å²) in [4.78, 5) is 40.1. The van der Waals surface area contributed by atoms with Crippen LogP contribution in [0.25, 0.3) is 22.2 Å². The van der Waals surface area contributed by atoms with Crippen LogP contribution in [-0.2, 0) is 9.47 Å². The average Bonchev–Trinajstić information content (AvgIpc) is 3.05. The van der Waals surface area contributed by atoms with Gasteiger partial charge >= 0.3 is 6.09 Å². The van der Waals surface area contributed by atoms with Gasteiger partial charge in [-0.05, 0) is 96.5 Å². The SMILES string of the molecule is C[C@@H](COC(C)(C)C)OC(=O)NC[C@H]1CC[C@H](CNC(=O)c2cc(-c3ccc(N4CCN(C)CC4)nc3)nc3ccccc23)CC1. The zero-order valence-electron chi connectivity index (χ0n) is 28.1. The fourth-order valence-corrected chi connectivity index (χ4v) is 6.10. The molecule has 1 atom stereocenters. The third-order valence-corrected chi connectivity index (χ3v) is 8.94. The predicted octanol–water partition coefficient (Wildman–Crippen LogP) is 5.51. The lowest BCUT2D eigenvalue weighted by atomic mass is 9.82. The van der Waals surface area contributed by atoms with Crippen molar-refractivity contribution >= 4 is 28.7 Å². The van der Waals surface area contributed by atoms with Crippen LogP contribution in [0.2, 0.25) is 0 Å². The number of hydrogen-bond acceptors (Lipinski definition) is 8. The average molecular weight is 631 g/mol. The quantitative estimate of drug-likeness (QED) is 0.302. The summed E-state index contributed by atoms with van der Waals surface area (Å²) in [6.07, 6.45) is 5.17. The van der Waals surface area contributed by atoms with Crippen LogP contribution in [0.3, 0.4) is 0 Å². The summed E-state index contributed by atoms with van der Waals surface area (Å²) >= 11 is 0. The lowest BCUT2D eigenvalue weighted by Crippen LogP contribution is -2.44. The van der Waals surface area contributed by atoms with Crippen molar-refractivity contribution in [2.75, 3.05) is 57.8 Å². The Kier molecular flexibility index (Phi) is 11.1. The number of piperazine rings is 1. The highest BCUT2D eigenvalue weighted by Crippen LogP contribution is 2.29. The molecular weight excluding hydrogens is 580 g/mol. The number of para-hydroxylation sites is 1. The molecule has 5 rings (SSSR count). The number of nitrogens with zero attached hydrogens (tertiary/aromatic N) is 4. The molecule has 0 radical (unpaired) electrons. The van der Waals surface area contributed by atoms with Gasteiger partial charge in [0.2, 0.25) is 0 Å². The molecule has 2 aromatic heterocycles. The van der Waals surface area contributed by atoms with Gasteiger partial charge in [-0.1, -0.05) is 18.2 Å². The van der Waals surface area contributed by atoms with E-state index in [9.17, 15) is 9.59 Å². The third-order valence-electron chi connectivity index (χ3n) is 8.94. The van der Waals surface area contributed by atoms with E-state index in [0.717, 1.165) is 79.8 Å². The van der Waals surface area contributed by atoms with Gasteiger partial charge in [-0.15, -0.1) is 0 Å². The Labute approximate surface area is 273 Å². The number of carbonyl (C=O) groups is 2. The molecule has 2 amide bonds. The lowest BCUT2D eigenvalue weighted by Gasteiger charge is -2.33. The van der Waals surface area contributed by atoms with E-state index in [4.69, 9.17) is 19.4 Å². The van der Waals surface area contributed by atoms with Crippen LogP contribution in [0.15, 0.2) is 48.7 Å². The van der Waals surface area contributed by atoms with Gasteiger partial charge in [-0.3, -0.25) is 4.79 Å². The standard InChI is InChI=1S/C36H50N6O4/c1-25(24-45-36(2,3)4)46-35(44)39-22-27-12-10-26(11-13-27)21-38-34(43)30-20-32(40-31-9-7-6-8-29(30)31)28-14-15-33(37-23-28)42-18-16-41(5)17-19-42/h6-9,14-15,20,23,25-27H,10-13,16-19,21-22,24H2,1-5H3,(H,38,43)(H,39,44)/t25-,26-,27-/m0/s1. The van der Waals surface area contributed by atoms with Gasteiger partial charge in [0, 0.05) is 56.4 Å². The van der Waals surface area contributed by atoms with E-state index in [-0.39, 0.29) is 17.6 Å². The monoisotopic (exact) mass is 630 g/mol. The Hall–Kier alpha value is -3.76. The first-order chi connectivity index (χ1) is 22.0. The molecule has 3 aromatic rings. The smallest absolute Gasteiger partial charge is 0.407 e. The molecule has 10 nitrogen and oxygen atoms in total. The second-order valence-corrected chi connectivity index (χ2v) is 13.9. The minimum absolute atomic E-state index is 0.0852. The molecule has 1 saturated heterocycles. The van der Waals surface area contributed by atoms with Crippen molar-refractivity contribution in [3.05, 3.63) is 54.2 Å². The Morgan fingerprint density at radius 2 is 1.63 bits per heavy atom. The van der Waals surface area contributed by atoms with Crippen LogP contribution in [-0.4, -0.2) is 91.5 Å². The number of fused-ring (bicyclic) bond motifs is 1. The number of rotatable bonds is 10. The normalized spacial score (nSPS) is 19.9. The molecule has 0 bridgehead atoms. The highest BCUT2D eigenvalue weighted by Gasteiger charge is 2.24. The van der Waals surface area contributed by atoms with Gasteiger partial charge in [0.15, 0.2) is 0 Å². The largest absolute Gasteiger partial charge is 0.444 e. The molecule has 248 valence electrons. The van der Waals surface area contributed by atoms with Crippen LogP contribution < -0.4 is 15.5 Å². The minimum atomic E-state index is -0.398. The maximum absolute atomic E-state index is 13.6. The topological polar surface area (TPSA) is 109 Å². The van der Waals surface area contributed by atoms with Gasteiger partial charge < -0.3 is 29.9 Å². The number of likely N-dealkylation sites (N-methyl/N-ethyl adjacent to an activating group) is 1. The third kappa shape index (κ3) is 9.39. The molecule has 10 heteroatoms. The molecule has 0 unspecified atom stereocenters. The van der Waals surface area contributed by atoms with E-state index < -0.39 is 6.09 Å². The summed E-state index contributed by atoms with van der Waals surface area (Å²) in [5.41, 5.74) is 2.78. The highest BCUT2D eigenvalue weighted by molar-refractivity contribution is 6.07. The van der Waals surface area contributed by atoms with Crippen LogP contribution in [0.4, 0.5) is 10.6 Å². The zero-order valence-corrected chi connectivity index (χ0v) is 28.1. The van der Waals surface area contributed by atoms with Crippen molar-refractivity contribution in [3.8, 4) is 11.3 Å². The number of hydrogen-bond donors (Lipinski definition) is 2. The molecule has 3 heterocycles. The molecule has 2 fully saturated rings. The van der Waals surface area contributed by atoms with Gasteiger partial charge in [0.1, 0.15) is 11.9 Å². The van der Waals surface area contributed by atoms with E-state index in [1.165, 1.54) is 0 Å². The second-order valence-electron chi connectivity index (χ2n) is 13.9. The summed E-state index contributed by atoms with van der Waals surface area (Å²) < 4.78 is 11.1. The molecular formula is C36H50N6O4. The number of ether oxygens (including phenoxy) is 2. The number of alkyl carbamates (subject to hydrolysis) is 1. The number of amides is 2. The van der Waals surface area contributed by atoms with Gasteiger partial charge in [-0.2, -0.15) is 0 Å². The Balaban J connectivity index is 1.12. The number of nitrogens with one attached hydrogen (secondary N) is 2. The summed E-state index contributed by atoms with van der Waals surface area (Å²) in [6.45, 7) is 13.3. The van der Waals surface area contributed by atoms with Crippen molar-refractivity contribution < 1.29 is 19.1 Å². The van der Waals surface area contributed by atoms with Crippen LogP contribution in [0.1, 0.15) is 63.7 Å². The zero-order chi connectivity index (χ0) is 32.7. The fourth-order valence-electron chi connectivity index (χ4n) is 6.10. The first-order valence-electron chi connectivity index (χ1n) is 16.7. The molecule has 0 spiro atoms. The Bertz CT molecular complexity index is 1460. The molecule has 2 aliphatic rings. The maximum atomic E-state index is 13.6. The maximum Gasteiger partial charge on any atom is 0.407 e. The Morgan fingerprint density at radius 3 is 2.28 bits per heavy atom. The first kappa shape index (κ1) is 33.6. The second kappa shape index (κ2) is 15.2. The predicted molar refractivity (Wildman–Crippen MR) is 182 cm³/mol. The summed E-state index contributed by atoms with van der Waals surface area (Å²) in [7, 11) is 2.14. The van der Waals surface area contributed by atoms with E-state index in [2.05, 4.69) is 39.6 Å². The summed E-state index contributed by atoms with van der Waals surface area (Å²) in [5.74, 6) is 1.69. The first-order valence-corrected chi connectivity index (χ1v) is 16.7. The van der Waals surface area contributed by atoms with E-state index in [1.807, 2.05) is 64.2 Å². The Morgan fingerprint density at radius 1 is 0.957 bits per heavy atom. The van der Waals surface area contributed by atoms with E-state index in [1.54, 1.807) is 0 Å². The van der Waals surface area contributed by atoms with Gasteiger partial charge in [0.25, 0.3) is 5.91 Å². The number of benzene rings is 1. The molecule has 1 aliphatic heterocycles. The number of pyridine rings is 2. The minimum Gasteiger partial charge on any atom is -0.444 e.